The molecule has 0 bridgehead atoms. The van der Waals surface area contributed by atoms with Crippen LogP contribution in [-0.4, -0.2) is 41.4 Å². The van der Waals surface area contributed by atoms with Crippen LogP contribution in [0, 0.1) is 5.92 Å². The minimum atomic E-state index is 0.248. The predicted molar refractivity (Wildman–Crippen MR) is 54.6 cm³/mol. The van der Waals surface area contributed by atoms with E-state index in [1.165, 1.54) is 0 Å². The van der Waals surface area contributed by atoms with Gasteiger partial charge in [0, 0.05) is 36.6 Å². The van der Waals surface area contributed by atoms with Gasteiger partial charge >= 0.3 is 0 Å². The molecule has 0 radical (unpaired) electrons. The molecule has 13 heavy (non-hydrogen) atoms. The summed E-state index contributed by atoms with van der Waals surface area (Å²) in [5.41, 5.74) is 5.66. The second-order valence-corrected chi connectivity index (χ2v) is 5.09. The molecule has 0 atom stereocenters. The zero-order chi connectivity index (χ0) is 9.26. The minimum absolute atomic E-state index is 0.248. The molecule has 74 valence electrons. The van der Waals surface area contributed by atoms with Crippen molar-refractivity contribution in [3.8, 4) is 0 Å². The Morgan fingerprint density at radius 1 is 1.31 bits per heavy atom. The zero-order valence-electron chi connectivity index (χ0n) is 7.74. The molecule has 1 saturated heterocycles. The van der Waals surface area contributed by atoms with Crippen LogP contribution in [0.1, 0.15) is 12.8 Å². The Morgan fingerprint density at radius 2 is 1.92 bits per heavy atom. The molecule has 0 spiro atoms. The highest BCUT2D eigenvalue weighted by molar-refractivity contribution is 7.99. The Bertz CT molecular complexity index is 198. The predicted octanol–water partition coefficient (Wildman–Crippen LogP) is 0.299. The summed E-state index contributed by atoms with van der Waals surface area (Å²) in [6, 6.07) is 0.285. The van der Waals surface area contributed by atoms with Crippen LogP contribution >= 0.6 is 11.8 Å². The summed E-state index contributed by atoms with van der Waals surface area (Å²) in [7, 11) is 0. The summed E-state index contributed by atoms with van der Waals surface area (Å²) in [5, 5.41) is 0. The maximum absolute atomic E-state index is 11.8. The average Bonchev–Trinajstić information content (AvgIpc) is 2.13. The third-order valence-electron chi connectivity index (χ3n) is 2.85. The molecule has 1 amide bonds. The lowest BCUT2D eigenvalue weighted by atomic mass is 9.80. The van der Waals surface area contributed by atoms with E-state index in [0.29, 0.717) is 5.91 Å². The normalized spacial score (nSPS) is 34.1. The van der Waals surface area contributed by atoms with E-state index >= 15 is 0 Å². The fraction of sp³-hybridized carbons (Fsp3) is 0.889. The van der Waals surface area contributed by atoms with Crippen molar-refractivity contribution in [1.82, 2.24) is 4.90 Å². The van der Waals surface area contributed by atoms with Gasteiger partial charge in [0.2, 0.25) is 5.91 Å². The number of amides is 1. The van der Waals surface area contributed by atoms with Crippen LogP contribution in [-0.2, 0) is 4.79 Å². The third-order valence-corrected chi connectivity index (χ3v) is 3.79. The highest BCUT2D eigenvalue weighted by Gasteiger charge is 2.34. The van der Waals surface area contributed by atoms with E-state index in [0.717, 1.165) is 37.4 Å². The molecule has 0 aromatic carbocycles. The van der Waals surface area contributed by atoms with Gasteiger partial charge in [0.1, 0.15) is 0 Å². The van der Waals surface area contributed by atoms with Crippen molar-refractivity contribution in [2.45, 2.75) is 18.9 Å². The lowest BCUT2D eigenvalue weighted by molar-refractivity contribution is -0.138. The number of carbonyl (C=O) groups excluding carboxylic acids is 1. The number of nitrogens with two attached hydrogens (primary N) is 1. The molecule has 2 aliphatic rings. The molecule has 2 N–H and O–H groups in total. The summed E-state index contributed by atoms with van der Waals surface area (Å²) < 4.78 is 0. The van der Waals surface area contributed by atoms with Gasteiger partial charge in [0.15, 0.2) is 0 Å². The molecule has 1 heterocycles. The molecular formula is C9H16N2OS. The van der Waals surface area contributed by atoms with E-state index in [1.54, 1.807) is 0 Å². The summed E-state index contributed by atoms with van der Waals surface area (Å²) in [6.45, 7) is 1.88. The molecule has 2 rings (SSSR count). The van der Waals surface area contributed by atoms with Gasteiger partial charge in [-0.15, -0.1) is 0 Å². The molecule has 0 aromatic rings. The summed E-state index contributed by atoms with van der Waals surface area (Å²) in [5.74, 6) is 2.80. The van der Waals surface area contributed by atoms with Crippen LogP contribution in [0.15, 0.2) is 0 Å². The SMILES string of the molecule is NC1CC(C(=O)N2CCSCC2)C1. The molecule has 4 heteroatoms. The van der Waals surface area contributed by atoms with Crippen molar-refractivity contribution < 1.29 is 4.79 Å². The first-order valence-corrected chi connectivity index (χ1v) is 6.05. The fourth-order valence-electron chi connectivity index (χ4n) is 1.91. The van der Waals surface area contributed by atoms with Gasteiger partial charge in [0.05, 0.1) is 0 Å². The average molecular weight is 200 g/mol. The molecule has 0 unspecified atom stereocenters. The molecular weight excluding hydrogens is 184 g/mol. The maximum Gasteiger partial charge on any atom is 0.225 e. The van der Waals surface area contributed by atoms with Crippen LogP contribution in [0.2, 0.25) is 0 Å². The highest BCUT2D eigenvalue weighted by atomic mass is 32.2. The standard InChI is InChI=1S/C9H16N2OS/c10-8-5-7(6-8)9(12)11-1-3-13-4-2-11/h7-8H,1-6,10H2. The quantitative estimate of drug-likeness (QED) is 0.662. The van der Waals surface area contributed by atoms with Gasteiger partial charge in [-0.2, -0.15) is 11.8 Å². The van der Waals surface area contributed by atoms with Gasteiger partial charge in [-0.1, -0.05) is 0 Å². The lowest BCUT2D eigenvalue weighted by Crippen LogP contribution is -2.48. The second-order valence-electron chi connectivity index (χ2n) is 3.87. The van der Waals surface area contributed by atoms with Gasteiger partial charge in [-0.05, 0) is 12.8 Å². The van der Waals surface area contributed by atoms with E-state index in [1.807, 2.05) is 16.7 Å². The Kier molecular flexibility index (Phi) is 2.79. The van der Waals surface area contributed by atoms with Crippen molar-refractivity contribution in [3.05, 3.63) is 0 Å². The largest absolute Gasteiger partial charge is 0.341 e. The number of thioether (sulfide) groups is 1. The highest BCUT2D eigenvalue weighted by Crippen LogP contribution is 2.28. The van der Waals surface area contributed by atoms with Crippen molar-refractivity contribution >= 4 is 17.7 Å². The summed E-state index contributed by atoms with van der Waals surface area (Å²) in [4.78, 5) is 13.8. The third kappa shape index (κ3) is 1.99. The van der Waals surface area contributed by atoms with E-state index in [2.05, 4.69) is 0 Å². The van der Waals surface area contributed by atoms with Crippen molar-refractivity contribution in [1.29, 1.82) is 0 Å². The Balaban J connectivity index is 1.82. The van der Waals surface area contributed by atoms with Crippen LogP contribution in [0.4, 0.5) is 0 Å². The summed E-state index contributed by atoms with van der Waals surface area (Å²) in [6.07, 6.45) is 1.81. The first kappa shape index (κ1) is 9.34. The van der Waals surface area contributed by atoms with Gasteiger partial charge < -0.3 is 10.6 Å². The van der Waals surface area contributed by atoms with Crippen LogP contribution in [0.5, 0.6) is 0 Å². The Hall–Kier alpha value is -0.220. The monoisotopic (exact) mass is 200 g/mol. The van der Waals surface area contributed by atoms with Gasteiger partial charge in [-0.25, -0.2) is 0 Å². The molecule has 1 aliphatic carbocycles. The smallest absolute Gasteiger partial charge is 0.225 e. The maximum atomic E-state index is 11.8. The lowest BCUT2D eigenvalue weighted by Gasteiger charge is -2.36. The van der Waals surface area contributed by atoms with Gasteiger partial charge in [0.25, 0.3) is 0 Å². The molecule has 0 aromatic heterocycles. The molecule has 2 fully saturated rings. The number of hydrogen-bond acceptors (Lipinski definition) is 3. The number of hydrogen-bond donors (Lipinski definition) is 1. The van der Waals surface area contributed by atoms with Gasteiger partial charge in [-0.3, -0.25) is 4.79 Å². The van der Waals surface area contributed by atoms with Crippen molar-refractivity contribution in [2.24, 2.45) is 11.7 Å². The van der Waals surface area contributed by atoms with Crippen molar-refractivity contribution in [3.63, 3.8) is 0 Å². The molecule has 1 saturated carbocycles. The van der Waals surface area contributed by atoms with E-state index in [9.17, 15) is 4.79 Å². The van der Waals surface area contributed by atoms with E-state index in [-0.39, 0.29) is 12.0 Å². The van der Waals surface area contributed by atoms with Crippen molar-refractivity contribution in [2.75, 3.05) is 24.6 Å². The molecule has 3 nitrogen and oxygen atoms in total. The fourth-order valence-corrected chi connectivity index (χ4v) is 2.81. The summed E-state index contributed by atoms with van der Waals surface area (Å²) >= 11 is 1.94. The Labute approximate surface area is 83.0 Å². The second kappa shape index (κ2) is 3.88. The topological polar surface area (TPSA) is 46.3 Å². The number of nitrogens with zero attached hydrogens (tertiary/aromatic N) is 1. The van der Waals surface area contributed by atoms with Crippen LogP contribution < -0.4 is 5.73 Å². The Morgan fingerprint density at radius 3 is 2.46 bits per heavy atom. The van der Waals surface area contributed by atoms with Crippen LogP contribution in [0.25, 0.3) is 0 Å². The van der Waals surface area contributed by atoms with E-state index in [4.69, 9.17) is 5.73 Å². The molecule has 1 aliphatic heterocycles. The minimum Gasteiger partial charge on any atom is -0.341 e. The zero-order valence-corrected chi connectivity index (χ0v) is 8.55. The number of rotatable bonds is 1. The van der Waals surface area contributed by atoms with E-state index < -0.39 is 0 Å². The van der Waals surface area contributed by atoms with Crippen LogP contribution in [0.3, 0.4) is 0 Å². The first-order valence-electron chi connectivity index (χ1n) is 4.89. The number of carbonyl (C=O) groups is 1. The first-order chi connectivity index (χ1) is 6.27.